The van der Waals surface area contributed by atoms with Gasteiger partial charge in [0.2, 0.25) is 0 Å². The molecular formula is C11H13BrIN. The van der Waals surface area contributed by atoms with Crippen LogP contribution in [0.1, 0.15) is 5.56 Å². The van der Waals surface area contributed by atoms with Gasteiger partial charge in [-0.15, -0.1) is 0 Å². The minimum atomic E-state index is 0.874. The van der Waals surface area contributed by atoms with Gasteiger partial charge in [0.05, 0.1) is 0 Å². The molecule has 0 aromatic heterocycles. The van der Waals surface area contributed by atoms with Crippen molar-refractivity contribution in [2.75, 3.05) is 18.4 Å². The van der Waals surface area contributed by atoms with E-state index in [1.807, 2.05) is 0 Å². The van der Waals surface area contributed by atoms with Crippen molar-refractivity contribution in [1.82, 2.24) is 4.90 Å². The lowest BCUT2D eigenvalue weighted by Crippen LogP contribution is -2.46. The van der Waals surface area contributed by atoms with Gasteiger partial charge >= 0.3 is 0 Å². The van der Waals surface area contributed by atoms with Gasteiger partial charge in [-0.25, -0.2) is 0 Å². The Kier molecular flexibility index (Phi) is 3.85. The molecule has 0 atom stereocenters. The number of nitrogens with zero attached hydrogens (tertiary/aromatic N) is 1. The van der Waals surface area contributed by atoms with Crippen LogP contribution in [0.15, 0.2) is 24.3 Å². The Morgan fingerprint density at radius 3 is 2.50 bits per heavy atom. The van der Waals surface area contributed by atoms with Crippen LogP contribution in [0.4, 0.5) is 0 Å². The minimum Gasteiger partial charge on any atom is -0.298 e. The topological polar surface area (TPSA) is 3.24 Å². The van der Waals surface area contributed by atoms with Gasteiger partial charge in [0.15, 0.2) is 0 Å². The van der Waals surface area contributed by atoms with Crippen LogP contribution in [0, 0.1) is 9.49 Å². The first-order valence-corrected chi connectivity index (χ1v) is 7.00. The molecule has 0 amide bonds. The fourth-order valence-corrected chi connectivity index (χ4v) is 2.52. The van der Waals surface area contributed by atoms with Gasteiger partial charge in [-0.1, -0.05) is 28.1 Å². The van der Waals surface area contributed by atoms with Crippen LogP contribution in [0.25, 0.3) is 0 Å². The molecule has 76 valence electrons. The maximum atomic E-state index is 3.52. The molecule has 1 aliphatic heterocycles. The van der Waals surface area contributed by atoms with Crippen molar-refractivity contribution < 1.29 is 0 Å². The Hall–Kier alpha value is 0.390. The van der Waals surface area contributed by atoms with E-state index >= 15 is 0 Å². The molecule has 0 radical (unpaired) electrons. The number of alkyl halides is 1. The monoisotopic (exact) mass is 365 g/mol. The number of hydrogen-bond donors (Lipinski definition) is 0. The van der Waals surface area contributed by atoms with Crippen LogP contribution in [0.3, 0.4) is 0 Å². The zero-order chi connectivity index (χ0) is 9.97. The van der Waals surface area contributed by atoms with E-state index in [0.29, 0.717) is 0 Å². The molecule has 3 heteroatoms. The molecule has 0 unspecified atom stereocenters. The lowest BCUT2D eigenvalue weighted by Gasteiger charge is -2.38. The van der Waals surface area contributed by atoms with Gasteiger partial charge in [0.1, 0.15) is 0 Å². The molecule has 1 aromatic carbocycles. The van der Waals surface area contributed by atoms with Crippen molar-refractivity contribution in [2.45, 2.75) is 6.54 Å². The first-order valence-electron chi connectivity index (χ1n) is 4.80. The minimum absolute atomic E-state index is 0.874. The average molecular weight is 366 g/mol. The third-order valence-corrected chi connectivity index (χ3v) is 4.21. The highest BCUT2D eigenvalue weighted by Crippen LogP contribution is 2.20. The average Bonchev–Trinajstić information content (AvgIpc) is 2.13. The standard InChI is InChI=1S/C11H13BrIN/c12-5-10-7-14(8-10)6-9-1-3-11(13)4-2-9/h1-4,10H,5-8H2. The van der Waals surface area contributed by atoms with Gasteiger partial charge in [-0.2, -0.15) is 0 Å². The van der Waals surface area contributed by atoms with Crippen molar-refractivity contribution >= 4 is 38.5 Å². The van der Waals surface area contributed by atoms with Crippen LogP contribution < -0.4 is 0 Å². The molecule has 1 nitrogen and oxygen atoms in total. The second kappa shape index (κ2) is 4.94. The summed E-state index contributed by atoms with van der Waals surface area (Å²) in [6, 6.07) is 8.81. The predicted octanol–water partition coefficient (Wildman–Crippen LogP) is 3.12. The summed E-state index contributed by atoms with van der Waals surface area (Å²) in [5.41, 5.74) is 1.43. The molecule has 0 N–H and O–H groups in total. The van der Waals surface area contributed by atoms with Crippen LogP contribution in [0.2, 0.25) is 0 Å². The Labute approximate surface area is 107 Å². The molecule has 2 rings (SSSR count). The van der Waals surface area contributed by atoms with Crippen molar-refractivity contribution in [3.05, 3.63) is 33.4 Å². The van der Waals surface area contributed by atoms with Crippen LogP contribution >= 0.6 is 38.5 Å². The largest absolute Gasteiger partial charge is 0.298 e. The smallest absolute Gasteiger partial charge is 0.0234 e. The molecule has 1 saturated heterocycles. The van der Waals surface area contributed by atoms with Gasteiger partial charge in [-0.3, -0.25) is 4.90 Å². The van der Waals surface area contributed by atoms with Gasteiger partial charge in [0.25, 0.3) is 0 Å². The van der Waals surface area contributed by atoms with E-state index in [-0.39, 0.29) is 0 Å². The summed E-state index contributed by atoms with van der Waals surface area (Å²) in [5, 5.41) is 1.15. The zero-order valence-electron chi connectivity index (χ0n) is 7.92. The first kappa shape index (κ1) is 10.9. The van der Waals surface area contributed by atoms with Crippen LogP contribution in [0.5, 0.6) is 0 Å². The molecule has 0 saturated carbocycles. The summed E-state index contributed by atoms with van der Waals surface area (Å²) in [4.78, 5) is 2.49. The van der Waals surface area contributed by atoms with E-state index in [9.17, 15) is 0 Å². The normalized spacial score (nSPS) is 18.1. The third kappa shape index (κ3) is 2.70. The van der Waals surface area contributed by atoms with E-state index < -0.39 is 0 Å². The summed E-state index contributed by atoms with van der Waals surface area (Å²) in [6.45, 7) is 3.61. The van der Waals surface area contributed by atoms with E-state index in [1.54, 1.807) is 0 Å². The van der Waals surface area contributed by atoms with E-state index in [1.165, 1.54) is 22.2 Å². The van der Waals surface area contributed by atoms with Crippen molar-refractivity contribution in [1.29, 1.82) is 0 Å². The summed E-state index contributed by atoms with van der Waals surface area (Å²) in [5.74, 6) is 0.874. The Morgan fingerprint density at radius 2 is 1.93 bits per heavy atom. The highest BCUT2D eigenvalue weighted by Gasteiger charge is 2.24. The van der Waals surface area contributed by atoms with E-state index in [4.69, 9.17) is 0 Å². The maximum Gasteiger partial charge on any atom is 0.0234 e. The van der Waals surface area contributed by atoms with Gasteiger partial charge in [-0.05, 0) is 46.2 Å². The summed E-state index contributed by atoms with van der Waals surface area (Å²) in [7, 11) is 0. The van der Waals surface area contributed by atoms with Crippen molar-refractivity contribution in [3.63, 3.8) is 0 Å². The van der Waals surface area contributed by atoms with Gasteiger partial charge in [0, 0.05) is 28.5 Å². The molecule has 1 aliphatic rings. The Balaban J connectivity index is 1.84. The fraction of sp³-hybridized carbons (Fsp3) is 0.455. The molecule has 1 heterocycles. The molecular weight excluding hydrogens is 353 g/mol. The molecule has 1 aromatic rings. The highest BCUT2D eigenvalue weighted by molar-refractivity contribution is 14.1. The number of benzene rings is 1. The highest BCUT2D eigenvalue weighted by atomic mass is 127. The predicted molar refractivity (Wildman–Crippen MR) is 71.7 cm³/mol. The number of hydrogen-bond acceptors (Lipinski definition) is 1. The van der Waals surface area contributed by atoms with Crippen molar-refractivity contribution in [3.8, 4) is 0 Å². The number of likely N-dealkylation sites (tertiary alicyclic amines) is 1. The number of halogens is 2. The quantitative estimate of drug-likeness (QED) is 0.587. The first-order chi connectivity index (χ1) is 6.78. The van der Waals surface area contributed by atoms with E-state index in [2.05, 4.69) is 67.7 Å². The zero-order valence-corrected chi connectivity index (χ0v) is 11.7. The summed E-state index contributed by atoms with van der Waals surface area (Å²) in [6.07, 6.45) is 0. The lowest BCUT2D eigenvalue weighted by atomic mass is 10.0. The van der Waals surface area contributed by atoms with Crippen LogP contribution in [-0.4, -0.2) is 23.3 Å². The SMILES string of the molecule is BrCC1CN(Cc2ccc(I)cc2)C1. The molecule has 14 heavy (non-hydrogen) atoms. The van der Waals surface area contributed by atoms with Crippen molar-refractivity contribution in [2.24, 2.45) is 5.92 Å². The Bertz CT molecular complexity index is 293. The second-order valence-corrected chi connectivity index (χ2v) is 5.73. The molecule has 1 fully saturated rings. The van der Waals surface area contributed by atoms with Crippen LogP contribution in [-0.2, 0) is 6.54 Å². The van der Waals surface area contributed by atoms with Gasteiger partial charge < -0.3 is 0 Å². The molecule has 0 bridgehead atoms. The molecule has 0 aliphatic carbocycles. The summed E-state index contributed by atoms with van der Waals surface area (Å²) >= 11 is 5.86. The second-order valence-electron chi connectivity index (χ2n) is 3.84. The maximum absolute atomic E-state index is 3.52. The fourth-order valence-electron chi connectivity index (χ4n) is 1.75. The lowest BCUT2D eigenvalue weighted by molar-refractivity contribution is 0.108. The summed E-state index contributed by atoms with van der Waals surface area (Å²) < 4.78 is 1.31. The number of rotatable bonds is 3. The third-order valence-electron chi connectivity index (χ3n) is 2.57. The molecule has 0 spiro atoms. The van der Waals surface area contributed by atoms with E-state index in [0.717, 1.165) is 17.8 Å². The Morgan fingerprint density at radius 1 is 1.29 bits per heavy atom.